The zero-order valence-electron chi connectivity index (χ0n) is 10.4. The van der Waals surface area contributed by atoms with E-state index >= 15 is 0 Å². The predicted molar refractivity (Wildman–Crippen MR) is 67.4 cm³/mol. The van der Waals surface area contributed by atoms with Crippen molar-refractivity contribution in [3.8, 4) is 6.07 Å². The first-order chi connectivity index (χ1) is 8.80. The van der Waals surface area contributed by atoms with E-state index in [0.29, 0.717) is 5.56 Å². The Morgan fingerprint density at radius 1 is 1.53 bits per heavy atom. The van der Waals surface area contributed by atoms with Gasteiger partial charge >= 0.3 is 0 Å². The molecule has 2 unspecified atom stereocenters. The highest BCUT2D eigenvalue weighted by Gasteiger charge is 2.48. The molecule has 0 spiro atoms. The van der Waals surface area contributed by atoms with Gasteiger partial charge in [0, 0.05) is 0 Å². The van der Waals surface area contributed by atoms with Crippen molar-refractivity contribution in [2.45, 2.75) is 19.4 Å². The number of halogens is 1. The second kappa shape index (κ2) is 4.58. The molecular weight excluding hydrogens is 269 g/mol. The molecule has 1 aliphatic rings. The minimum absolute atomic E-state index is 0.0719. The van der Waals surface area contributed by atoms with Crippen LogP contribution in [0.4, 0.5) is 4.39 Å². The molecule has 1 aromatic rings. The van der Waals surface area contributed by atoms with E-state index in [4.69, 9.17) is 0 Å². The fourth-order valence-corrected chi connectivity index (χ4v) is 4.31. The first-order valence-electron chi connectivity index (χ1n) is 5.85. The van der Waals surface area contributed by atoms with Gasteiger partial charge < -0.3 is 5.11 Å². The first-order valence-corrected chi connectivity index (χ1v) is 7.68. The van der Waals surface area contributed by atoms with Crippen LogP contribution in [-0.2, 0) is 9.84 Å². The van der Waals surface area contributed by atoms with Gasteiger partial charge in [-0.2, -0.15) is 5.26 Å². The third-order valence-electron chi connectivity index (χ3n) is 3.59. The van der Waals surface area contributed by atoms with Crippen molar-refractivity contribution in [1.82, 2.24) is 0 Å². The van der Waals surface area contributed by atoms with Gasteiger partial charge in [0.1, 0.15) is 11.2 Å². The molecule has 6 heteroatoms. The molecule has 0 radical (unpaired) electrons. The molecule has 0 bridgehead atoms. The number of nitriles is 1. The van der Waals surface area contributed by atoms with E-state index in [1.807, 2.05) is 6.07 Å². The maximum Gasteiger partial charge on any atom is 0.152 e. The van der Waals surface area contributed by atoms with Crippen molar-refractivity contribution in [2.75, 3.05) is 11.5 Å². The van der Waals surface area contributed by atoms with Gasteiger partial charge in [-0.25, -0.2) is 12.8 Å². The molecule has 1 N–H and O–H groups in total. The molecule has 1 aromatic carbocycles. The van der Waals surface area contributed by atoms with Gasteiger partial charge in [-0.3, -0.25) is 0 Å². The Kier molecular flexibility index (Phi) is 3.37. The van der Waals surface area contributed by atoms with E-state index in [1.165, 1.54) is 12.1 Å². The van der Waals surface area contributed by atoms with Gasteiger partial charge in [-0.05, 0) is 30.5 Å². The minimum atomic E-state index is -3.31. The van der Waals surface area contributed by atoms with Gasteiger partial charge in [-0.15, -0.1) is 0 Å². The number of aliphatic hydroxyl groups excluding tert-OH is 1. The minimum Gasteiger partial charge on any atom is -0.387 e. The van der Waals surface area contributed by atoms with Crippen LogP contribution in [0.2, 0.25) is 0 Å². The molecule has 0 saturated carbocycles. The van der Waals surface area contributed by atoms with E-state index in [1.54, 1.807) is 6.92 Å². The summed E-state index contributed by atoms with van der Waals surface area (Å²) in [7, 11) is -3.31. The number of hydrogen-bond donors (Lipinski definition) is 1. The summed E-state index contributed by atoms with van der Waals surface area (Å²) < 4.78 is 36.5. The standard InChI is InChI=1S/C13H14FNO3S/c1-9-2-3-10(6-11(9)14)12(16)13(7-15)4-5-19(17,18)8-13/h2-3,6,12,16H,4-5,8H2,1H3. The monoisotopic (exact) mass is 283 g/mol. The normalized spacial score (nSPS) is 26.8. The summed E-state index contributed by atoms with van der Waals surface area (Å²) in [5, 5.41) is 19.5. The number of nitrogens with zero attached hydrogens (tertiary/aromatic N) is 1. The quantitative estimate of drug-likeness (QED) is 0.892. The van der Waals surface area contributed by atoms with Crippen LogP contribution in [0.3, 0.4) is 0 Å². The van der Waals surface area contributed by atoms with Crippen molar-refractivity contribution in [3.63, 3.8) is 0 Å². The molecule has 4 nitrogen and oxygen atoms in total. The van der Waals surface area contributed by atoms with Crippen molar-refractivity contribution in [1.29, 1.82) is 5.26 Å². The van der Waals surface area contributed by atoms with Gasteiger partial charge in [0.25, 0.3) is 0 Å². The second-order valence-electron chi connectivity index (χ2n) is 5.02. The molecule has 1 aliphatic heterocycles. The predicted octanol–water partition coefficient (Wildman–Crippen LogP) is 1.50. The molecule has 0 aromatic heterocycles. The van der Waals surface area contributed by atoms with Crippen LogP contribution in [0, 0.1) is 29.5 Å². The number of benzene rings is 1. The van der Waals surface area contributed by atoms with Gasteiger partial charge in [0.05, 0.1) is 23.7 Å². The lowest BCUT2D eigenvalue weighted by molar-refractivity contribution is 0.0790. The van der Waals surface area contributed by atoms with Crippen LogP contribution in [-0.4, -0.2) is 25.0 Å². The lowest BCUT2D eigenvalue weighted by Crippen LogP contribution is -2.29. The molecule has 1 heterocycles. The Morgan fingerprint density at radius 2 is 2.21 bits per heavy atom. The molecule has 19 heavy (non-hydrogen) atoms. The van der Waals surface area contributed by atoms with Crippen LogP contribution in [0.1, 0.15) is 23.7 Å². The summed E-state index contributed by atoms with van der Waals surface area (Å²) >= 11 is 0. The summed E-state index contributed by atoms with van der Waals surface area (Å²) in [6.07, 6.45) is -1.23. The molecule has 0 aliphatic carbocycles. The average molecular weight is 283 g/mol. The number of aryl methyl sites for hydroxylation is 1. The second-order valence-corrected chi connectivity index (χ2v) is 7.21. The van der Waals surface area contributed by atoms with Crippen LogP contribution < -0.4 is 0 Å². The molecule has 2 atom stereocenters. The van der Waals surface area contributed by atoms with Crippen LogP contribution in [0.25, 0.3) is 0 Å². The fraction of sp³-hybridized carbons (Fsp3) is 0.462. The largest absolute Gasteiger partial charge is 0.387 e. The van der Waals surface area contributed by atoms with Gasteiger partial charge in [-0.1, -0.05) is 12.1 Å². The highest BCUT2D eigenvalue weighted by Crippen LogP contribution is 2.43. The highest BCUT2D eigenvalue weighted by molar-refractivity contribution is 7.91. The van der Waals surface area contributed by atoms with Crippen molar-refractivity contribution < 1.29 is 17.9 Å². The molecule has 1 fully saturated rings. The van der Waals surface area contributed by atoms with Crippen molar-refractivity contribution in [2.24, 2.45) is 5.41 Å². The molecular formula is C13H14FNO3S. The van der Waals surface area contributed by atoms with Crippen LogP contribution >= 0.6 is 0 Å². The zero-order chi connectivity index (χ0) is 14.3. The Balaban J connectivity index is 2.40. The number of sulfone groups is 1. The van der Waals surface area contributed by atoms with E-state index in [0.717, 1.165) is 6.07 Å². The maximum absolute atomic E-state index is 13.5. The summed E-state index contributed by atoms with van der Waals surface area (Å²) in [5.41, 5.74) is -0.705. The van der Waals surface area contributed by atoms with Gasteiger partial charge in [0.2, 0.25) is 0 Å². The van der Waals surface area contributed by atoms with Crippen molar-refractivity contribution in [3.05, 3.63) is 35.1 Å². The van der Waals surface area contributed by atoms with E-state index in [2.05, 4.69) is 0 Å². The SMILES string of the molecule is Cc1ccc(C(O)C2(C#N)CCS(=O)(=O)C2)cc1F. The molecule has 102 valence electrons. The number of aliphatic hydroxyl groups is 1. The van der Waals surface area contributed by atoms with Crippen molar-refractivity contribution >= 4 is 9.84 Å². The Hall–Kier alpha value is -1.45. The molecule has 2 rings (SSSR count). The van der Waals surface area contributed by atoms with E-state index in [9.17, 15) is 23.2 Å². The Morgan fingerprint density at radius 3 is 2.68 bits per heavy atom. The smallest absolute Gasteiger partial charge is 0.152 e. The fourth-order valence-electron chi connectivity index (χ4n) is 2.34. The van der Waals surface area contributed by atoms with Crippen LogP contribution in [0.15, 0.2) is 18.2 Å². The topological polar surface area (TPSA) is 78.2 Å². The Bertz CT molecular complexity index is 650. The summed E-state index contributed by atoms with van der Waals surface area (Å²) in [4.78, 5) is 0. The number of rotatable bonds is 2. The summed E-state index contributed by atoms with van der Waals surface area (Å²) in [6.45, 7) is 1.59. The lowest BCUT2D eigenvalue weighted by atomic mass is 9.79. The van der Waals surface area contributed by atoms with E-state index in [-0.39, 0.29) is 23.5 Å². The molecule has 1 saturated heterocycles. The van der Waals surface area contributed by atoms with E-state index < -0.39 is 27.2 Å². The summed E-state index contributed by atoms with van der Waals surface area (Å²) in [6, 6.07) is 6.09. The molecule has 0 amide bonds. The van der Waals surface area contributed by atoms with Crippen LogP contribution in [0.5, 0.6) is 0 Å². The third-order valence-corrected chi connectivity index (χ3v) is 5.38. The number of hydrogen-bond acceptors (Lipinski definition) is 4. The maximum atomic E-state index is 13.5. The summed E-state index contributed by atoms with van der Waals surface area (Å²) in [5.74, 6) is -0.982. The first kappa shape index (κ1) is 14.0. The van der Waals surface area contributed by atoms with Gasteiger partial charge in [0.15, 0.2) is 9.84 Å². The highest BCUT2D eigenvalue weighted by atomic mass is 32.2. The lowest BCUT2D eigenvalue weighted by Gasteiger charge is -2.26. The average Bonchev–Trinajstić information content (AvgIpc) is 2.69. The Labute approximate surface area is 111 Å². The third kappa shape index (κ3) is 2.48. The zero-order valence-corrected chi connectivity index (χ0v) is 11.2.